The average molecular weight is 440 g/mol. The van der Waals surface area contributed by atoms with E-state index in [-0.39, 0.29) is 0 Å². The molecule has 5 aromatic rings. The number of hydrogen-bond donors (Lipinski definition) is 2. The first-order chi connectivity index (χ1) is 16.2. The van der Waals surface area contributed by atoms with Crippen LogP contribution in [0.25, 0.3) is 45.0 Å². The van der Waals surface area contributed by atoms with Crippen LogP contribution in [0.1, 0.15) is 19.3 Å². The van der Waals surface area contributed by atoms with Crippen LogP contribution < -0.4 is 9.80 Å². The van der Waals surface area contributed by atoms with E-state index in [1.807, 2.05) is 49.7 Å². The smallest absolute Gasteiger partial charge is 0.180 e. The van der Waals surface area contributed by atoms with Gasteiger partial charge in [0.2, 0.25) is 0 Å². The normalized spacial score (nSPS) is 14.3. The number of nitrogens with zero attached hydrogens (tertiary/aromatic N) is 7. The lowest BCUT2D eigenvalue weighted by Crippen LogP contribution is -2.29. The topological polar surface area (TPSA) is 103 Å². The number of rotatable bonds is 4. The van der Waals surface area contributed by atoms with Crippen LogP contribution in [-0.2, 0) is 0 Å². The maximum absolute atomic E-state index is 4.92. The van der Waals surface area contributed by atoms with Crippen molar-refractivity contribution >= 4 is 33.6 Å². The van der Waals surface area contributed by atoms with Gasteiger partial charge in [-0.3, -0.25) is 10.1 Å². The number of nitrogens with one attached hydrogen (secondary N) is 2. The van der Waals surface area contributed by atoms with Gasteiger partial charge in [-0.2, -0.15) is 5.10 Å². The number of anilines is 2. The van der Waals surface area contributed by atoms with Crippen molar-refractivity contribution in [3.8, 4) is 22.8 Å². The summed E-state index contributed by atoms with van der Waals surface area (Å²) in [7, 11) is 4.00. The van der Waals surface area contributed by atoms with E-state index >= 15 is 0 Å². The van der Waals surface area contributed by atoms with E-state index in [2.05, 4.69) is 42.2 Å². The minimum atomic E-state index is 0.665. The van der Waals surface area contributed by atoms with Crippen LogP contribution in [0, 0.1) is 0 Å². The van der Waals surface area contributed by atoms with E-state index in [0.717, 1.165) is 52.3 Å². The molecule has 0 aliphatic carbocycles. The third-order valence-corrected chi connectivity index (χ3v) is 6.23. The van der Waals surface area contributed by atoms with Gasteiger partial charge in [0.05, 0.1) is 28.8 Å². The average Bonchev–Trinajstić information content (AvgIpc) is 3.48. The fraction of sp³-hybridized carbons (Fsp3) is 0.292. The molecule has 0 unspecified atom stereocenters. The van der Waals surface area contributed by atoms with E-state index in [1.54, 1.807) is 0 Å². The highest BCUT2D eigenvalue weighted by Gasteiger charge is 2.20. The minimum absolute atomic E-state index is 0.665. The Labute approximate surface area is 190 Å². The van der Waals surface area contributed by atoms with Crippen molar-refractivity contribution in [2.24, 2.45) is 0 Å². The van der Waals surface area contributed by atoms with Gasteiger partial charge in [0.15, 0.2) is 17.2 Å². The lowest BCUT2D eigenvalue weighted by molar-refractivity contribution is 0.578. The van der Waals surface area contributed by atoms with Gasteiger partial charge in [-0.15, -0.1) is 0 Å². The standard InChI is InChI=1S/C24H25N9/c1-32(2)16-12-15(13-25-14-16)17-6-7-18-20(27-17)22(31-30-18)24-28-21-19(8-9-26-23(21)29-24)33-10-4-3-5-11-33/h6-9,12-14H,3-5,10-11H2,1-2H3,(H,30,31)(H,26,28,29). The first-order valence-corrected chi connectivity index (χ1v) is 11.3. The first-order valence-electron chi connectivity index (χ1n) is 11.3. The van der Waals surface area contributed by atoms with Crippen molar-refractivity contribution < 1.29 is 0 Å². The fourth-order valence-electron chi connectivity index (χ4n) is 4.45. The summed E-state index contributed by atoms with van der Waals surface area (Å²) in [6.07, 6.45) is 9.22. The van der Waals surface area contributed by atoms with Gasteiger partial charge < -0.3 is 14.8 Å². The Morgan fingerprint density at radius 2 is 1.88 bits per heavy atom. The Bertz CT molecular complexity index is 1440. The minimum Gasteiger partial charge on any atom is -0.376 e. The molecule has 166 valence electrons. The van der Waals surface area contributed by atoms with Crippen LogP contribution in [0.15, 0.2) is 42.9 Å². The summed E-state index contributed by atoms with van der Waals surface area (Å²) in [5.41, 5.74) is 7.92. The number of aromatic amines is 2. The molecule has 0 spiro atoms. The number of aromatic nitrogens is 7. The first kappa shape index (κ1) is 19.7. The van der Waals surface area contributed by atoms with Crippen LogP contribution in [0.2, 0.25) is 0 Å². The van der Waals surface area contributed by atoms with Crippen molar-refractivity contribution in [3.05, 3.63) is 42.9 Å². The van der Waals surface area contributed by atoms with Gasteiger partial charge >= 0.3 is 0 Å². The molecular formula is C24H25N9. The van der Waals surface area contributed by atoms with E-state index in [0.29, 0.717) is 17.2 Å². The van der Waals surface area contributed by atoms with Gasteiger partial charge in [-0.1, -0.05) is 0 Å². The molecule has 5 aromatic heterocycles. The lowest BCUT2D eigenvalue weighted by Gasteiger charge is -2.28. The molecule has 6 heterocycles. The molecule has 0 aromatic carbocycles. The third kappa shape index (κ3) is 3.45. The maximum Gasteiger partial charge on any atom is 0.180 e. The summed E-state index contributed by atoms with van der Waals surface area (Å²) in [5.74, 6) is 0.665. The molecule has 1 fully saturated rings. The Balaban J connectivity index is 1.44. The Hall–Kier alpha value is -4.01. The van der Waals surface area contributed by atoms with E-state index in [9.17, 15) is 0 Å². The van der Waals surface area contributed by atoms with Crippen molar-refractivity contribution in [1.82, 2.24) is 35.1 Å². The van der Waals surface area contributed by atoms with Crippen molar-refractivity contribution in [2.45, 2.75) is 19.3 Å². The largest absolute Gasteiger partial charge is 0.376 e. The van der Waals surface area contributed by atoms with Crippen molar-refractivity contribution in [2.75, 3.05) is 37.0 Å². The van der Waals surface area contributed by atoms with E-state index in [1.165, 1.54) is 19.3 Å². The summed E-state index contributed by atoms with van der Waals surface area (Å²) in [6.45, 7) is 2.12. The molecule has 0 atom stereocenters. The predicted octanol–water partition coefficient (Wildman–Crippen LogP) is 4.01. The number of H-pyrrole nitrogens is 2. The lowest BCUT2D eigenvalue weighted by atomic mass is 10.1. The molecule has 0 radical (unpaired) electrons. The van der Waals surface area contributed by atoms with E-state index < -0.39 is 0 Å². The number of pyridine rings is 3. The van der Waals surface area contributed by atoms with Gasteiger partial charge in [-0.05, 0) is 43.5 Å². The molecule has 6 rings (SSSR count). The monoisotopic (exact) mass is 439 g/mol. The van der Waals surface area contributed by atoms with Crippen LogP contribution in [0.3, 0.4) is 0 Å². The Morgan fingerprint density at radius 1 is 1.00 bits per heavy atom. The van der Waals surface area contributed by atoms with Gasteiger partial charge in [0, 0.05) is 45.1 Å². The summed E-state index contributed by atoms with van der Waals surface area (Å²) < 4.78 is 0. The number of imidazole rings is 1. The molecule has 9 heteroatoms. The molecule has 2 N–H and O–H groups in total. The second kappa shape index (κ2) is 7.84. The molecule has 0 bridgehead atoms. The highest BCUT2D eigenvalue weighted by atomic mass is 15.2. The molecule has 1 aliphatic rings. The summed E-state index contributed by atoms with van der Waals surface area (Å²) in [4.78, 5) is 26.5. The Kier molecular flexibility index (Phi) is 4.67. The zero-order chi connectivity index (χ0) is 22.4. The predicted molar refractivity (Wildman–Crippen MR) is 130 cm³/mol. The molecule has 33 heavy (non-hydrogen) atoms. The maximum atomic E-state index is 4.92. The van der Waals surface area contributed by atoms with Crippen LogP contribution in [-0.4, -0.2) is 62.3 Å². The molecule has 9 nitrogen and oxygen atoms in total. The van der Waals surface area contributed by atoms with Gasteiger partial charge in [0.25, 0.3) is 0 Å². The zero-order valence-electron chi connectivity index (χ0n) is 18.7. The molecule has 0 amide bonds. The number of hydrogen-bond acceptors (Lipinski definition) is 7. The molecule has 1 saturated heterocycles. The van der Waals surface area contributed by atoms with Gasteiger partial charge in [0.1, 0.15) is 11.0 Å². The van der Waals surface area contributed by atoms with Gasteiger partial charge in [-0.25, -0.2) is 15.0 Å². The van der Waals surface area contributed by atoms with Crippen LogP contribution >= 0.6 is 0 Å². The summed E-state index contributed by atoms with van der Waals surface area (Å²) in [6, 6.07) is 8.13. The second-order valence-electron chi connectivity index (χ2n) is 8.65. The van der Waals surface area contributed by atoms with Crippen molar-refractivity contribution in [1.29, 1.82) is 0 Å². The quantitative estimate of drug-likeness (QED) is 0.436. The molecule has 0 saturated carbocycles. The molecule has 1 aliphatic heterocycles. The molecular weight excluding hydrogens is 414 g/mol. The highest BCUT2D eigenvalue weighted by molar-refractivity contribution is 5.93. The zero-order valence-corrected chi connectivity index (χ0v) is 18.7. The number of piperidine rings is 1. The SMILES string of the molecule is CN(C)c1cncc(-c2ccc3[nH]nc(-c4nc5nccc(N6CCCCC6)c5[nH]4)c3n2)c1. The number of fused-ring (bicyclic) bond motifs is 2. The summed E-state index contributed by atoms with van der Waals surface area (Å²) in [5, 5.41) is 7.63. The van der Waals surface area contributed by atoms with Crippen molar-refractivity contribution in [3.63, 3.8) is 0 Å². The third-order valence-electron chi connectivity index (χ3n) is 6.23. The van der Waals surface area contributed by atoms with Crippen LogP contribution in [0.4, 0.5) is 11.4 Å². The van der Waals surface area contributed by atoms with Crippen LogP contribution in [0.5, 0.6) is 0 Å². The Morgan fingerprint density at radius 3 is 2.73 bits per heavy atom. The fourth-order valence-corrected chi connectivity index (χ4v) is 4.45. The summed E-state index contributed by atoms with van der Waals surface area (Å²) >= 11 is 0. The highest BCUT2D eigenvalue weighted by Crippen LogP contribution is 2.31. The van der Waals surface area contributed by atoms with E-state index in [4.69, 9.17) is 9.97 Å². The second-order valence-corrected chi connectivity index (χ2v) is 8.65.